The summed E-state index contributed by atoms with van der Waals surface area (Å²) in [5, 5.41) is 6.83. The Bertz CT molecular complexity index is 895. The molecule has 1 aliphatic carbocycles. The van der Waals surface area contributed by atoms with Crippen LogP contribution in [0.25, 0.3) is 0 Å². The first-order valence-electron chi connectivity index (χ1n) is 10.7. The number of carbonyl (C=O) groups excluding carboxylic acids is 1. The Balaban J connectivity index is 1.65. The zero-order valence-electron chi connectivity index (χ0n) is 17.9. The summed E-state index contributed by atoms with van der Waals surface area (Å²) >= 11 is 0. The van der Waals surface area contributed by atoms with Gasteiger partial charge in [-0.3, -0.25) is 4.79 Å². The molecule has 0 fully saturated rings. The number of aliphatic imine (C=N–C) groups is 1. The first-order chi connectivity index (χ1) is 14.5. The van der Waals surface area contributed by atoms with Gasteiger partial charge < -0.3 is 21.1 Å². The molecule has 30 heavy (non-hydrogen) atoms. The predicted octanol–water partition coefficient (Wildman–Crippen LogP) is 3.25. The van der Waals surface area contributed by atoms with Crippen molar-refractivity contribution in [2.75, 3.05) is 13.2 Å². The molecule has 0 radical (unpaired) electrons. The molecule has 6 nitrogen and oxygen atoms in total. The van der Waals surface area contributed by atoms with Crippen molar-refractivity contribution in [2.24, 2.45) is 10.7 Å². The number of hydrogen-bond acceptors (Lipinski definition) is 3. The molecule has 1 atom stereocenters. The van der Waals surface area contributed by atoms with E-state index in [9.17, 15) is 4.79 Å². The molecule has 3 rings (SSSR count). The minimum Gasteiger partial charge on any atom is -0.484 e. The number of carbonyl (C=O) groups is 1. The van der Waals surface area contributed by atoms with Crippen molar-refractivity contribution in [1.29, 1.82) is 0 Å². The monoisotopic (exact) mass is 408 g/mol. The van der Waals surface area contributed by atoms with Crippen LogP contribution in [0, 0.1) is 0 Å². The van der Waals surface area contributed by atoms with Crippen molar-refractivity contribution >= 4 is 11.9 Å². The summed E-state index contributed by atoms with van der Waals surface area (Å²) in [5.41, 5.74) is 10.4. The number of benzene rings is 2. The Morgan fingerprint density at radius 1 is 1.17 bits per heavy atom. The van der Waals surface area contributed by atoms with Gasteiger partial charge in [0.25, 0.3) is 5.91 Å². The van der Waals surface area contributed by atoms with Gasteiger partial charge in [-0.05, 0) is 73.9 Å². The third kappa shape index (κ3) is 6.24. The lowest BCUT2D eigenvalue weighted by Crippen LogP contribution is -2.38. The quantitative estimate of drug-likeness (QED) is 0.462. The minimum absolute atomic E-state index is 0.130. The normalized spacial score (nSPS) is 14.5. The van der Waals surface area contributed by atoms with Gasteiger partial charge in [-0.15, -0.1) is 0 Å². The molecular formula is C24H32N4O2. The standard InChI is InChI=1S/C24H32N4O2/c1-3-26-24(27-15-18-7-6-10-22(13-18)30-16-23(25)29)28-17(2)20-12-11-19-8-4-5-9-21(19)14-20/h6-7,10-14,17H,3-5,8-9,15-16H2,1-2H3,(H2,25,29)(H2,26,27,28). The summed E-state index contributed by atoms with van der Waals surface area (Å²) in [4.78, 5) is 15.6. The summed E-state index contributed by atoms with van der Waals surface area (Å²) in [7, 11) is 0. The van der Waals surface area contributed by atoms with Crippen LogP contribution in [-0.2, 0) is 24.2 Å². The van der Waals surface area contributed by atoms with Crippen LogP contribution in [0.3, 0.4) is 0 Å². The number of amides is 1. The molecule has 1 amide bonds. The van der Waals surface area contributed by atoms with Crippen molar-refractivity contribution in [1.82, 2.24) is 10.6 Å². The fourth-order valence-corrected chi connectivity index (χ4v) is 3.69. The summed E-state index contributed by atoms with van der Waals surface area (Å²) < 4.78 is 5.38. The molecule has 0 aromatic heterocycles. The summed E-state index contributed by atoms with van der Waals surface area (Å²) in [6.07, 6.45) is 4.96. The fourth-order valence-electron chi connectivity index (χ4n) is 3.69. The second-order valence-corrected chi connectivity index (χ2v) is 7.70. The second kappa shape index (κ2) is 10.7. The smallest absolute Gasteiger partial charge is 0.255 e. The van der Waals surface area contributed by atoms with Crippen LogP contribution in [0.4, 0.5) is 0 Å². The maximum atomic E-state index is 10.9. The van der Waals surface area contributed by atoms with Gasteiger partial charge in [-0.1, -0.05) is 30.3 Å². The van der Waals surface area contributed by atoms with Crippen LogP contribution < -0.4 is 21.1 Å². The highest BCUT2D eigenvalue weighted by Gasteiger charge is 2.13. The molecule has 4 N–H and O–H groups in total. The molecule has 2 aromatic rings. The lowest BCUT2D eigenvalue weighted by atomic mass is 9.89. The van der Waals surface area contributed by atoms with Gasteiger partial charge in [0.2, 0.25) is 0 Å². The highest BCUT2D eigenvalue weighted by atomic mass is 16.5. The highest BCUT2D eigenvalue weighted by molar-refractivity contribution is 5.80. The number of fused-ring (bicyclic) bond motifs is 1. The van der Waals surface area contributed by atoms with Crippen LogP contribution in [0.15, 0.2) is 47.5 Å². The second-order valence-electron chi connectivity index (χ2n) is 7.70. The van der Waals surface area contributed by atoms with Gasteiger partial charge in [0.15, 0.2) is 12.6 Å². The molecule has 0 bridgehead atoms. The molecule has 2 aromatic carbocycles. The summed E-state index contributed by atoms with van der Waals surface area (Å²) in [6.45, 7) is 5.37. The van der Waals surface area contributed by atoms with Crippen LogP contribution >= 0.6 is 0 Å². The molecule has 1 aliphatic rings. The molecule has 0 aliphatic heterocycles. The van der Waals surface area contributed by atoms with Crippen molar-refractivity contribution in [3.63, 3.8) is 0 Å². The Labute approximate surface area is 178 Å². The van der Waals surface area contributed by atoms with E-state index in [1.165, 1.54) is 42.4 Å². The first-order valence-corrected chi connectivity index (χ1v) is 10.7. The maximum absolute atomic E-state index is 10.9. The number of aryl methyl sites for hydroxylation is 2. The van der Waals surface area contributed by atoms with Crippen LogP contribution in [0.2, 0.25) is 0 Å². The lowest BCUT2D eigenvalue weighted by molar-refractivity contribution is -0.119. The average Bonchev–Trinajstić information content (AvgIpc) is 2.76. The number of nitrogens with two attached hydrogens (primary N) is 1. The molecule has 6 heteroatoms. The number of ether oxygens (including phenoxy) is 1. The van der Waals surface area contributed by atoms with Gasteiger partial charge in [-0.2, -0.15) is 0 Å². The van der Waals surface area contributed by atoms with Gasteiger partial charge >= 0.3 is 0 Å². The van der Waals surface area contributed by atoms with E-state index in [0.29, 0.717) is 12.3 Å². The van der Waals surface area contributed by atoms with Crippen molar-refractivity contribution in [3.05, 3.63) is 64.7 Å². The Morgan fingerprint density at radius 3 is 2.73 bits per heavy atom. The minimum atomic E-state index is -0.492. The van der Waals surface area contributed by atoms with Crippen molar-refractivity contribution in [3.8, 4) is 5.75 Å². The number of primary amides is 1. The maximum Gasteiger partial charge on any atom is 0.255 e. The lowest BCUT2D eigenvalue weighted by Gasteiger charge is -2.21. The van der Waals surface area contributed by atoms with E-state index in [1.807, 2.05) is 18.2 Å². The number of rotatable bonds is 8. The van der Waals surface area contributed by atoms with Crippen molar-refractivity contribution in [2.45, 2.75) is 52.1 Å². The van der Waals surface area contributed by atoms with E-state index in [4.69, 9.17) is 15.5 Å². The largest absolute Gasteiger partial charge is 0.484 e. The van der Waals surface area contributed by atoms with Crippen LogP contribution in [-0.4, -0.2) is 25.0 Å². The summed E-state index contributed by atoms with van der Waals surface area (Å²) in [5.74, 6) is 0.890. The molecule has 160 valence electrons. The third-order valence-electron chi connectivity index (χ3n) is 5.27. The number of guanidine groups is 1. The zero-order chi connectivity index (χ0) is 21.3. The number of hydrogen-bond donors (Lipinski definition) is 3. The van der Waals surface area contributed by atoms with E-state index in [-0.39, 0.29) is 12.6 Å². The van der Waals surface area contributed by atoms with E-state index in [2.05, 4.69) is 42.7 Å². The molecular weight excluding hydrogens is 376 g/mol. The fraction of sp³-hybridized carbons (Fsp3) is 0.417. The third-order valence-corrected chi connectivity index (χ3v) is 5.27. The van der Waals surface area contributed by atoms with E-state index in [1.54, 1.807) is 6.07 Å². The summed E-state index contributed by atoms with van der Waals surface area (Å²) in [6, 6.07) is 14.6. The van der Waals surface area contributed by atoms with E-state index in [0.717, 1.165) is 18.1 Å². The average molecular weight is 409 g/mol. The highest BCUT2D eigenvalue weighted by Crippen LogP contribution is 2.24. The van der Waals surface area contributed by atoms with Crippen LogP contribution in [0.1, 0.15) is 55.0 Å². The van der Waals surface area contributed by atoms with Gasteiger partial charge in [0, 0.05) is 6.54 Å². The Hall–Kier alpha value is -3.02. The van der Waals surface area contributed by atoms with Crippen molar-refractivity contribution < 1.29 is 9.53 Å². The van der Waals surface area contributed by atoms with Crippen LogP contribution in [0.5, 0.6) is 5.75 Å². The molecule has 1 unspecified atom stereocenters. The van der Waals surface area contributed by atoms with Gasteiger partial charge in [-0.25, -0.2) is 4.99 Å². The molecule has 0 saturated heterocycles. The van der Waals surface area contributed by atoms with E-state index < -0.39 is 5.91 Å². The number of nitrogens with one attached hydrogen (secondary N) is 2. The first kappa shape index (κ1) is 21.7. The SMILES string of the molecule is CCNC(=NCc1cccc(OCC(N)=O)c1)NC(C)c1ccc2c(c1)CCCC2. The molecule has 0 heterocycles. The number of nitrogens with zero attached hydrogens (tertiary/aromatic N) is 1. The molecule has 0 spiro atoms. The molecule has 0 saturated carbocycles. The van der Waals surface area contributed by atoms with Gasteiger partial charge in [0.05, 0.1) is 12.6 Å². The Morgan fingerprint density at radius 2 is 1.97 bits per heavy atom. The Kier molecular flexibility index (Phi) is 7.71. The van der Waals surface area contributed by atoms with E-state index >= 15 is 0 Å². The topological polar surface area (TPSA) is 88.7 Å². The van der Waals surface area contributed by atoms with Gasteiger partial charge in [0.1, 0.15) is 5.75 Å². The zero-order valence-corrected chi connectivity index (χ0v) is 17.9. The predicted molar refractivity (Wildman–Crippen MR) is 121 cm³/mol.